The summed E-state index contributed by atoms with van der Waals surface area (Å²) in [5.41, 5.74) is 4.54. The summed E-state index contributed by atoms with van der Waals surface area (Å²) in [6, 6.07) is 19.2. The quantitative estimate of drug-likeness (QED) is 0.450. The van der Waals surface area contributed by atoms with E-state index in [1.165, 1.54) is 6.07 Å². The minimum atomic E-state index is -1.40. The van der Waals surface area contributed by atoms with Crippen molar-refractivity contribution in [2.75, 3.05) is 13.2 Å². The fourth-order valence-corrected chi connectivity index (χ4v) is 4.12. The summed E-state index contributed by atoms with van der Waals surface area (Å²) in [5.74, 6) is -1.12. The molecule has 0 aromatic heterocycles. The van der Waals surface area contributed by atoms with E-state index in [4.69, 9.17) is 4.74 Å². The molecule has 0 radical (unpaired) electrons. The second-order valence-electron chi connectivity index (χ2n) is 7.80. The van der Waals surface area contributed by atoms with Crippen LogP contribution in [0.2, 0.25) is 0 Å². The number of carbonyl (C=O) groups is 1. The lowest BCUT2D eigenvalue weighted by atomic mass is 9.98. The van der Waals surface area contributed by atoms with Gasteiger partial charge in [-0.2, -0.15) is 0 Å². The molecular weight excluding hydrogens is 413 g/mol. The standard InChI is InChI=1S/C25H24FNO5/c26-16-11-15(12-17(28)13-16)24(30)23(29)9-10-27-25(31)32-14-22-20-7-3-1-5-18(20)19-6-2-4-8-21(19)22/h1-8,11-13,22-24,28-30H,9-10,14H2,(H,27,31). The Kier molecular flexibility index (Phi) is 6.39. The lowest BCUT2D eigenvalue weighted by molar-refractivity contribution is 0.0134. The molecule has 4 N–H and O–H groups in total. The predicted octanol–water partition coefficient (Wildman–Crippen LogP) is 3.85. The summed E-state index contributed by atoms with van der Waals surface area (Å²) >= 11 is 0. The number of aliphatic hydroxyl groups is 2. The van der Waals surface area contributed by atoms with E-state index in [0.717, 1.165) is 34.4 Å². The number of rotatable bonds is 7. The molecule has 32 heavy (non-hydrogen) atoms. The zero-order chi connectivity index (χ0) is 22.7. The summed E-state index contributed by atoms with van der Waals surface area (Å²) in [4.78, 5) is 12.2. The van der Waals surface area contributed by atoms with Gasteiger partial charge in [-0.15, -0.1) is 0 Å². The molecule has 0 heterocycles. The number of alkyl carbamates (subject to hydrolysis) is 1. The first-order chi connectivity index (χ1) is 15.4. The largest absolute Gasteiger partial charge is 0.508 e. The van der Waals surface area contributed by atoms with Crippen molar-refractivity contribution < 1.29 is 29.2 Å². The number of nitrogens with one attached hydrogen (secondary N) is 1. The SMILES string of the molecule is O=C(NCCC(O)C(O)c1cc(O)cc(F)c1)OCC1c2ccccc2-c2ccccc21. The third-order valence-corrected chi connectivity index (χ3v) is 5.66. The zero-order valence-corrected chi connectivity index (χ0v) is 17.2. The van der Waals surface area contributed by atoms with Crippen LogP contribution in [0.15, 0.2) is 66.7 Å². The summed E-state index contributed by atoms with van der Waals surface area (Å²) < 4.78 is 18.8. The van der Waals surface area contributed by atoms with Crippen LogP contribution in [0.3, 0.4) is 0 Å². The van der Waals surface area contributed by atoms with Crippen molar-refractivity contribution in [2.24, 2.45) is 0 Å². The van der Waals surface area contributed by atoms with Crippen molar-refractivity contribution in [2.45, 2.75) is 24.5 Å². The number of amides is 1. The molecule has 3 aromatic carbocycles. The topological polar surface area (TPSA) is 99.0 Å². The van der Waals surface area contributed by atoms with Gasteiger partial charge >= 0.3 is 6.09 Å². The van der Waals surface area contributed by atoms with Gasteiger partial charge in [-0.3, -0.25) is 0 Å². The lowest BCUT2D eigenvalue weighted by Crippen LogP contribution is -2.30. The van der Waals surface area contributed by atoms with Gasteiger partial charge in [0.15, 0.2) is 0 Å². The highest BCUT2D eigenvalue weighted by Gasteiger charge is 2.29. The first-order valence-corrected chi connectivity index (χ1v) is 10.4. The highest BCUT2D eigenvalue weighted by atomic mass is 19.1. The number of benzene rings is 3. The molecule has 2 atom stereocenters. The van der Waals surface area contributed by atoms with Gasteiger partial charge in [0.05, 0.1) is 6.10 Å². The number of aromatic hydroxyl groups is 1. The van der Waals surface area contributed by atoms with Crippen molar-refractivity contribution >= 4 is 6.09 Å². The minimum Gasteiger partial charge on any atom is -0.508 e. The van der Waals surface area contributed by atoms with Crippen LogP contribution >= 0.6 is 0 Å². The second-order valence-corrected chi connectivity index (χ2v) is 7.80. The van der Waals surface area contributed by atoms with Crippen molar-refractivity contribution in [3.05, 3.63) is 89.2 Å². The van der Waals surface area contributed by atoms with E-state index in [2.05, 4.69) is 17.4 Å². The molecule has 0 bridgehead atoms. The molecule has 4 rings (SSSR count). The fourth-order valence-electron chi connectivity index (χ4n) is 4.12. The Labute approximate surface area is 184 Å². The molecule has 0 saturated carbocycles. The van der Waals surface area contributed by atoms with Gasteiger partial charge in [0, 0.05) is 18.5 Å². The van der Waals surface area contributed by atoms with E-state index < -0.39 is 24.1 Å². The van der Waals surface area contributed by atoms with Crippen LogP contribution in [0.25, 0.3) is 11.1 Å². The molecule has 0 spiro atoms. The molecule has 6 nitrogen and oxygen atoms in total. The Morgan fingerprint density at radius 3 is 2.25 bits per heavy atom. The number of fused-ring (bicyclic) bond motifs is 3. The number of phenolic OH excluding ortho intramolecular Hbond substituents is 1. The first-order valence-electron chi connectivity index (χ1n) is 10.4. The van der Waals surface area contributed by atoms with Crippen molar-refractivity contribution in [3.63, 3.8) is 0 Å². The Morgan fingerprint density at radius 1 is 1.00 bits per heavy atom. The van der Waals surface area contributed by atoms with Crippen LogP contribution in [-0.2, 0) is 4.74 Å². The van der Waals surface area contributed by atoms with E-state index in [9.17, 15) is 24.5 Å². The number of ether oxygens (including phenoxy) is 1. The second kappa shape index (κ2) is 9.38. The maximum atomic E-state index is 13.4. The lowest BCUT2D eigenvalue weighted by Gasteiger charge is -2.19. The summed E-state index contributed by atoms with van der Waals surface area (Å²) in [6.45, 7) is 0.226. The van der Waals surface area contributed by atoms with E-state index in [0.29, 0.717) is 0 Å². The normalized spacial score (nSPS) is 14.3. The van der Waals surface area contributed by atoms with Gasteiger partial charge in [-0.05, 0) is 46.4 Å². The molecule has 3 aromatic rings. The van der Waals surface area contributed by atoms with Gasteiger partial charge in [-0.1, -0.05) is 48.5 Å². The van der Waals surface area contributed by atoms with Crippen molar-refractivity contribution in [3.8, 4) is 16.9 Å². The smallest absolute Gasteiger partial charge is 0.407 e. The minimum absolute atomic E-state index is 0.0165. The van der Waals surface area contributed by atoms with Crippen LogP contribution in [0, 0.1) is 5.82 Å². The summed E-state index contributed by atoms with van der Waals surface area (Å²) in [6.07, 6.45) is -3.27. The van der Waals surface area contributed by atoms with Gasteiger partial charge in [0.25, 0.3) is 0 Å². The molecule has 0 fully saturated rings. The van der Waals surface area contributed by atoms with E-state index in [1.807, 2.05) is 36.4 Å². The van der Waals surface area contributed by atoms with Crippen LogP contribution in [0.4, 0.5) is 9.18 Å². The molecule has 2 unspecified atom stereocenters. The van der Waals surface area contributed by atoms with Crippen LogP contribution < -0.4 is 5.32 Å². The molecule has 166 valence electrons. The van der Waals surface area contributed by atoms with Gasteiger partial charge in [0.2, 0.25) is 0 Å². The van der Waals surface area contributed by atoms with Crippen LogP contribution in [0.5, 0.6) is 5.75 Å². The Bertz CT molecular complexity index is 1050. The Balaban J connectivity index is 1.29. The molecule has 0 saturated heterocycles. The number of carbonyl (C=O) groups excluding carboxylic acids is 1. The van der Waals surface area contributed by atoms with E-state index >= 15 is 0 Å². The molecule has 1 amide bonds. The molecule has 1 aliphatic carbocycles. The van der Waals surface area contributed by atoms with Crippen molar-refractivity contribution in [1.82, 2.24) is 5.32 Å². The average molecular weight is 437 g/mol. The summed E-state index contributed by atoms with van der Waals surface area (Å²) in [5, 5.41) is 32.3. The van der Waals surface area contributed by atoms with Crippen LogP contribution in [-0.4, -0.2) is 40.7 Å². The Hall–Kier alpha value is -3.42. The van der Waals surface area contributed by atoms with E-state index in [-0.39, 0.29) is 36.8 Å². The monoisotopic (exact) mass is 437 g/mol. The third-order valence-electron chi connectivity index (χ3n) is 5.66. The fraction of sp³-hybridized carbons (Fsp3) is 0.240. The highest BCUT2D eigenvalue weighted by Crippen LogP contribution is 2.44. The molecule has 7 heteroatoms. The molecular formula is C25H24FNO5. The number of phenols is 1. The van der Waals surface area contributed by atoms with Gasteiger partial charge in [-0.25, -0.2) is 9.18 Å². The predicted molar refractivity (Wildman–Crippen MR) is 117 cm³/mol. The molecule has 1 aliphatic rings. The first kappa shape index (κ1) is 21.8. The number of aliphatic hydroxyl groups excluding tert-OH is 2. The third kappa shape index (κ3) is 4.59. The van der Waals surface area contributed by atoms with Crippen molar-refractivity contribution in [1.29, 1.82) is 0 Å². The van der Waals surface area contributed by atoms with Gasteiger partial charge < -0.3 is 25.4 Å². The highest BCUT2D eigenvalue weighted by molar-refractivity contribution is 5.79. The summed E-state index contributed by atoms with van der Waals surface area (Å²) in [7, 11) is 0. The zero-order valence-electron chi connectivity index (χ0n) is 17.2. The number of halogens is 1. The van der Waals surface area contributed by atoms with Gasteiger partial charge in [0.1, 0.15) is 24.3 Å². The van der Waals surface area contributed by atoms with E-state index in [1.54, 1.807) is 0 Å². The number of hydrogen-bond donors (Lipinski definition) is 4. The van der Waals surface area contributed by atoms with Crippen LogP contribution in [0.1, 0.15) is 35.1 Å². The number of hydrogen-bond acceptors (Lipinski definition) is 5. The average Bonchev–Trinajstić information content (AvgIpc) is 3.10. The maximum Gasteiger partial charge on any atom is 0.407 e. The Morgan fingerprint density at radius 2 is 1.62 bits per heavy atom. The molecule has 0 aliphatic heterocycles. The maximum absolute atomic E-state index is 13.4.